The molecule has 0 aliphatic heterocycles. The lowest BCUT2D eigenvalue weighted by molar-refractivity contribution is 0.100. The number of aliphatic hydroxyl groups excluding tert-OH is 1. The first-order chi connectivity index (χ1) is 7.61. The van der Waals surface area contributed by atoms with Crippen LogP contribution in [0.3, 0.4) is 0 Å². The molecule has 0 radical (unpaired) electrons. The van der Waals surface area contributed by atoms with Crippen molar-refractivity contribution in [1.82, 2.24) is 9.78 Å². The topological polar surface area (TPSA) is 64.1 Å². The van der Waals surface area contributed by atoms with Gasteiger partial charge in [0.2, 0.25) is 0 Å². The molecule has 90 valence electrons. The highest BCUT2D eigenvalue weighted by Crippen LogP contribution is 2.32. The van der Waals surface area contributed by atoms with Crippen LogP contribution in [0.4, 0.5) is 5.82 Å². The Balaban J connectivity index is 2.30. The molecule has 1 aliphatic rings. The molecule has 1 heterocycles. The lowest BCUT2D eigenvalue weighted by Crippen LogP contribution is -2.25. The zero-order valence-electron chi connectivity index (χ0n) is 9.49. The number of nitrogens with zero attached hydrogens (tertiary/aromatic N) is 2. The fourth-order valence-electron chi connectivity index (χ4n) is 2.35. The zero-order chi connectivity index (χ0) is 11.7. The van der Waals surface area contributed by atoms with E-state index < -0.39 is 0 Å². The van der Waals surface area contributed by atoms with Gasteiger partial charge < -0.3 is 10.8 Å². The third-order valence-corrected chi connectivity index (χ3v) is 3.77. The summed E-state index contributed by atoms with van der Waals surface area (Å²) in [6.07, 6.45) is 4.73. The fraction of sp³-hybridized carbons (Fsp3) is 0.727. The zero-order valence-corrected chi connectivity index (χ0v) is 10.2. The largest absolute Gasteiger partial charge is 0.391 e. The summed E-state index contributed by atoms with van der Waals surface area (Å²) in [6.45, 7) is 1.83. The van der Waals surface area contributed by atoms with E-state index in [0.29, 0.717) is 10.8 Å². The highest BCUT2D eigenvalue weighted by Gasteiger charge is 2.26. The van der Waals surface area contributed by atoms with E-state index in [1.54, 1.807) is 4.68 Å². The van der Waals surface area contributed by atoms with Crippen molar-refractivity contribution in [1.29, 1.82) is 0 Å². The molecule has 0 saturated heterocycles. The van der Waals surface area contributed by atoms with Gasteiger partial charge in [-0.15, -0.1) is 0 Å². The van der Waals surface area contributed by atoms with Gasteiger partial charge in [-0.05, 0) is 19.8 Å². The maximum atomic E-state index is 10.1. The van der Waals surface area contributed by atoms with E-state index in [1.807, 2.05) is 6.92 Å². The molecule has 4 nitrogen and oxygen atoms in total. The number of aryl methyl sites for hydroxylation is 1. The number of nitrogens with two attached hydrogens (primary N) is 1. The van der Waals surface area contributed by atoms with Gasteiger partial charge in [-0.25, -0.2) is 4.68 Å². The maximum absolute atomic E-state index is 10.1. The number of aliphatic hydroxyl groups is 1. The molecule has 0 amide bonds. The molecule has 1 aromatic rings. The first-order valence-corrected chi connectivity index (χ1v) is 6.17. The molecule has 1 fully saturated rings. The summed E-state index contributed by atoms with van der Waals surface area (Å²) in [5, 5.41) is 14.9. The maximum Gasteiger partial charge on any atom is 0.141 e. The van der Waals surface area contributed by atoms with Crippen molar-refractivity contribution in [2.45, 2.75) is 51.2 Å². The van der Waals surface area contributed by atoms with Crippen molar-refractivity contribution in [3.8, 4) is 0 Å². The molecular weight excluding hydrogens is 226 g/mol. The number of hydrogen-bond donors (Lipinski definition) is 2. The van der Waals surface area contributed by atoms with Gasteiger partial charge in [-0.1, -0.05) is 30.9 Å². The average molecular weight is 244 g/mol. The van der Waals surface area contributed by atoms with Crippen LogP contribution in [-0.2, 0) is 0 Å². The van der Waals surface area contributed by atoms with Crippen LogP contribution in [0.2, 0.25) is 5.02 Å². The minimum atomic E-state index is -0.361. The average Bonchev–Trinajstić information content (AvgIpc) is 2.47. The van der Waals surface area contributed by atoms with Crippen molar-refractivity contribution in [2.75, 3.05) is 5.73 Å². The van der Waals surface area contributed by atoms with Gasteiger partial charge in [0.05, 0.1) is 17.8 Å². The molecular formula is C11H18ClN3O. The standard InChI is InChI=1S/C11H18ClN3O/c1-7-10(12)11(13)15(14-7)8-5-3-2-4-6-9(8)16/h8-9,16H,2-6,13H2,1H3. The highest BCUT2D eigenvalue weighted by atomic mass is 35.5. The molecule has 0 spiro atoms. The fourth-order valence-corrected chi connectivity index (χ4v) is 2.48. The van der Waals surface area contributed by atoms with E-state index in [2.05, 4.69) is 5.10 Å². The molecule has 2 rings (SSSR count). The monoisotopic (exact) mass is 243 g/mol. The van der Waals surface area contributed by atoms with Gasteiger partial charge in [0.1, 0.15) is 10.8 Å². The molecule has 5 heteroatoms. The van der Waals surface area contributed by atoms with Crippen LogP contribution in [0.1, 0.15) is 43.8 Å². The summed E-state index contributed by atoms with van der Waals surface area (Å²) in [7, 11) is 0. The van der Waals surface area contributed by atoms with Crippen LogP contribution < -0.4 is 5.73 Å². The first kappa shape index (κ1) is 11.7. The van der Waals surface area contributed by atoms with Gasteiger partial charge >= 0.3 is 0 Å². The van der Waals surface area contributed by atoms with Crippen LogP contribution >= 0.6 is 11.6 Å². The Morgan fingerprint density at radius 3 is 2.69 bits per heavy atom. The van der Waals surface area contributed by atoms with Crippen molar-refractivity contribution in [2.24, 2.45) is 0 Å². The molecule has 1 saturated carbocycles. The number of hydrogen-bond acceptors (Lipinski definition) is 3. The summed E-state index contributed by atoms with van der Waals surface area (Å²) in [5.41, 5.74) is 6.64. The van der Waals surface area contributed by atoms with Crippen LogP contribution in [0.25, 0.3) is 0 Å². The van der Waals surface area contributed by atoms with Crippen LogP contribution in [0.5, 0.6) is 0 Å². The number of anilines is 1. The summed E-state index contributed by atoms with van der Waals surface area (Å²) >= 11 is 6.02. The summed E-state index contributed by atoms with van der Waals surface area (Å²) in [5.74, 6) is 0.477. The van der Waals surface area contributed by atoms with Crippen LogP contribution in [0.15, 0.2) is 0 Å². The summed E-state index contributed by atoms with van der Waals surface area (Å²) in [4.78, 5) is 0. The lowest BCUT2D eigenvalue weighted by Gasteiger charge is -2.21. The van der Waals surface area contributed by atoms with Crippen molar-refractivity contribution in [3.05, 3.63) is 10.7 Å². The second kappa shape index (κ2) is 4.63. The van der Waals surface area contributed by atoms with Crippen molar-refractivity contribution in [3.63, 3.8) is 0 Å². The molecule has 0 aromatic carbocycles. The van der Waals surface area contributed by atoms with Crippen molar-refractivity contribution < 1.29 is 5.11 Å². The summed E-state index contributed by atoms with van der Waals surface area (Å²) < 4.78 is 1.70. The number of aromatic nitrogens is 2. The predicted octanol–water partition coefficient (Wildman–Crippen LogP) is 2.29. The van der Waals surface area contributed by atoms with Crippen molar-refractivity contribution >= 4 is 17.4 Å². The summed E-state index contributed by atoms with van der Waals surface area (Å²) in [6, 6.07) is -0.0197. The third kappa shape index (κ3) is 2.04. The Labute approximate surface area is 100 Å². The van der Waals surface area contributed by atoms with E-state index >= 15 is 0 Å². The van der Waals surface area contributed by atoms with E-state index in [4.69, 9.17) is 17.3 Å². The van der Waals surface area contributed by atoms with E-state index in [-0.39, 0.29) is 12.1 Å². The second-order valence-corrected chi connectivity index (χ2v) is 4.88. The Morgan fingerprint density at radius 1 is 1.38 bits per heavy atom. The molecule has 16 heavy (non-hydrogen) atoms. The van der Waals surface area contributed by atoms with E-state index in [9.17, 15) is 5.11 Å². The molecule has 1 aliphatic carbocycles. The van der Waals surface area contributed by atoms with Gasteiger partial charge in [-0.2, -0.15) is 5.10 Å². The number of nitrogen functional groups attached to an aromatic ring is 1. The molecule has 3 N–H and O–H groups in total. The molecule has 1 aromatic heterocycles. The Kier molecular flexibility index (Phi) is 3.40. The Hall–Kier alpha value is -0.740. The molecule has 2 atom stereocenters. The van der Waals surface area contributed by atoms with E-state index in [1.165, 1.54) is 6.42 Å². The van der Waals surface area contributed by atoms with Gasteiger partial charge in [0.15, 0.2) is 0 Å². The predicted molar refractivity (Wildman–Crippen MR) is 64.5 cm³/mol. The number of halogens is 1. The van der Waals surface area contributed by atoms with Gasteiger partial charge in [0.25, 0.3) is 0 Å². The number of rotatable bonds is 1. The normalized spacial score (nSPS) is 26.7. The molecule has 0 bridgehead atoms. The molecule has 2 unspecified atom stereocenters. The van der Waals surface area contributed by atoms with E-state index in [0.717, 1.165) is 31.4 Å². The highest BCUT2D eigenvalue weighted by molar-refractivity contribution is 6.33. The minimum Gasteiger partial charge on any atom is -0.391 e. The van der Waals surface area contributed by atoms with Crippen LogP contribution in [0, 0.1) is 6.92 Å². The third-order valence-electron chi connectivity index (χ3n) is 3.31. The quantitative estimate of drug-likeness (QED) is 0.744. The van der Waals surface area contributed by atoms with Gasteiger partial charge in [0, 0.05) is 0 Å². The van der Waals surface area contributed by atoms with Gasteiger partial charge in [-0.3, -0.25) is 0 Å². The second-order valence-electron chi connectivity index (χ2n) is 4.50. The lowest BCUT2D eigenvalue weighted by atomic mass is 10.1. The Bertz CT molecular complexity index is 378. The Morgan fingerprint density at radius 2 is 2.06 bits per heavy atom. The first-order valence-electron chi connectivity index (χ1n) is 5.79. The SMILES string of the molecule is Cc1nn(C2CCCCCC2O)c(N)c1Cl. The smallest absolute Gasteiger partial charge is 0.141 e. The minimum absolute atomic E-state index is 0.0197. The van der Waals surface area contributed by atoms with Crippen LogP contribution in [-0.4, -0.2) is 21.0 Å².